The van der Waals surface area contributed by atoms with Crippen LogP contribution in [0.2, 0.25) is 5.02 Å². The molecule has 0 radical (unpaired) electrons. The number of thiocarbonyl (C=S) groups is 1. The van der Waals surface area contributed by atoms with Gasteiger partial charge in [-0.1, -0.05) is 11.6 Å². The first-order chi connectivity index (χ1) is 10.4. The van der Waals surface area contributed by atoms with Crippen molar-refractivity contribution in [2.75, 3.05) is 28.3 Å². The van der Waals surface area contributed by atoms with Gasteiger partial charge in [-0.3, -0.25) is 0 Å². The van der Waals surface area contributed by atoms with Crippen LogP contribution in [-0.4, -0.2) is 58.1 Å². The SMILES string of the molecule is COc1cc(-n2nnn(C(=S)N(C)C)c2=O)c(OC)cc1Cl. The first kappa shape index (κ1) is 16.2. The van der Waals surface area contributed by atoms with Crippen molar-refractivity contribution < 1.29 is 9.47 Å². The van der Waals surface area contributed by atoms with Crippen LogP contribution in [0.15, 0.2) is 16.9 Å². The number of hydrogen-bond acceptors (Lipinski definition) is 6. The second-order valence-corrected chi connectivity index (χ2v) is 5.19. The van der Waals surface area contributed by atoms with Crippen molar-refractivity contribution in [2.45, 2.75) is 0 Å². The van der Waals surface area contributed by atoms with Gasteiger partial charge in [-0.2, -0.15) is 4.68 Å². The molecule has 1 heterocycles. The lowest BCUT2D eigenvalue weighted by Gasteiger charge is -2.11. The molecule has 0 fully saturated rings. The number of aromatic nitrogens is 4. The van der Waals surface area contributed by atoms with E-state index in [2.05, 4.69) is 10.4 Å². The van der Waals surface area contributed by atoms with Gasteiger partial charge in [0.1, 0.15) is 17.2 Å². The third-order valence-corrected chi connectivity index (χ3v) is 3.66. The minimum atomic E-state index is -0.527. The normalized spacial score (nSPS) is 10.4. The van der Waals surface area contributed by atoms with E-state index in [4.69, 9.17) is 33.3 Å². The molecule has 0 bridgehead atoms. The van der Waals surface area contributed by atoms with Crippen molar-refractivity contribution >= 4 is 28.9 Å². The summed E-state index contributed by atoms with van der Waals surface area (Å²) in [5, 5.41) is 8.17. The Morgan fingerprint density at radius 3 is 2.41 bits per heavy atom. The fourth-order valence-electron chi connectivity index (χ4n) is 1.72. The van der Waals surface area contributed by atoms with Crippen molar-refractivity contribution in [3.63, 3.8) is 0 Å². The van der Waals surface area contributed by atoms with Gasteiger partial charge in [0.15, 0.2) is 0 Å². The number of rotatable bonds is 3. The molecule has 0 aliphatic rings. The molecule has 1 aromatic heterocycles. The van der Waals surface area contributed by atoms with Crippen molar-refractivity contribution in [1.29, 1.82) is 0 Å². The predicted molar refractivity (Wildman–Crippen MR) is 85.4 cm³/mol. The molecule has 0 atom stereocenters. The van der Waals surface area contributed by atoms with E-state index < -0.39 is 5.69 Å². The lowest BCUT2D eigenvalue weighted by molar-refractivity contribution is 0.400. The molecule has 0 N–H and O–H groups in total. The van der Waals surface area contributed by atoms with Gasteiger partial charge in [-0.15, -0.1) is 4.68 Å². The molecule has 10 heteroatoms. The van der Waals surface area contributed by atoms with Gasteiger partial charge in [-0.05, 0) is 22.6 Å². The number of hydrogen-bond donors (Lipinski definition) is 0. The van der Waals surface area contributed by atoms with Crippen LogP contribution in [-0.2, 0) is 0 Å². The summed E-state index contributed by atoms with van der Waals surface area (Å²) in [6, 6.07) is 3.08. The third kappa shape index (κ3) is 2.77. The quantitative estimate of drug-likeness (QED) is 0.763. The number of methoxy groups -OCH3 is 2. The van der Waals surface area contributed by atoms with Crippen molar-refractivity contribution in [3.05, 3.63) is 27.6 Å². The molecule has 0 saturated heterocycles. The van der Waals surface area contributed by atoms with Crippen LogP contribution in [0.4, 0.5) is 0 Å². The van der Waals surface area contributed by atoms with E-state index in [9.17, 15) is 4.79 Å². The monoisotopic (exact) mass is 343 g/mol. The summed E-state index contributed by atoms with van der Waals surface area (Å²) < 4.78 is 12.5. The zero-order valence-electron chi connectivity index (χ0n) is 12.4. The molecule has 0 aliphatic heterocycles. The maximum atomic E-state index is 12.4. The molecule has 0 spiro atoms. The maximum Gasteiger partial charge on any atom is 0.375 e. The molecule has 22 heavy (non-hydrogen) atoms. The van der Waals surface area contributed by atoms with Gasteiger partial charge in [0.2, 0.25) is 5.11 Å². The summed E-state index contributed by atoms with van der Waals surface area (Å²) in [6.07, 6.45) is 0. The summed E-state index contributed by atoms with van der Waals surface area (Å²) in [5.74, 6) is 0.741. The molecule has 8 nitrogen and oxygen atoms in total. The predicted octanol–water partition coefficient (Wildman–Crippen LogP) is 0.794. The van der Waals surface area contributed by atoms with Gasteiger partial charge in [-0.25, -0.2) is 4.79 Å². The highest BCUT2D eigenvalue weighted by molar-refractivity contribution is 7.80. The lowest BCUT2D eigenvalue weighted by Crippen LogP contribution is -2.36. The van der Waals surface area contributed by atoms with E-state index in [0.29, 0.717) is 22.2 Å². The third-order valence-electron chi connectivity index (χ3n) is 2.83. The Kier molecular flexibility index (Phi) is 4.67. The minimum Gasteiger partial charge on any atom is -0.495 e. The average molecular weight is 344 g/mol. The summed E-state index contributed by atoms with van der Waals surface area (Å²) in [5.41, 5.74) is -0.178. The maximum absolute atomic E-state index is 12.4. The standard InChI is InChI=1S/C12H14ClN5O3S/c1-16(2)12(22)18-11(19)17(14-15-18)8-6-9(20-3)7(13)5-10(8)21-4/h5-6H,1-4H3. The number of nitrogens with zero attached hydrogens (tertiary/aromatic N) is 5. The molecule has 1 aromatic carbocycles. The second-order valence-electron chi connectivity index (χ2n) is 4.42. The summed E-state index contributed by atoms with van der Waals surface area (Å²) in [7, 11) is 6.35. The highest BCUT2D eigenvalue weighted by Crippen LogP contribution is 2.33. The summed E-state index contributed by atoms with van der Waals surface area (Å²) in [6.45, 7) is 0. The van der Waals surface area contributed by atoms with E-state index in [1.54, 1.807) is 25.1 Å². The van der Waals surface area contributed by atoms with Crippen LogP contribution in [0.5, 0.6) is 11.5 Å². The van der Waals surface area contributed by atoms with Crippen molar-refractivity contribution in [1.82, 2.24) is 24.7 Å². The van der Waals surface area contributed by atoms with Crippen molar-refractivity contribution in [3.8, 4) is 17.2 Å². The van der Waals surface area contributed by atoms with Crippen LogP contribution in [0.3, 0.4) is 0 Å². The lowest BCUT2D eigenvalue weighted by atomic mass is 10.2. The summed E-state index contributed by atoms with van der Waals surface area (Å²) >= 11 is 11.2. The zero-order valence-corrected chi connectivity index (χ0v) is 14.0. The van der Waals surface area contributed by atoms with Crippen LogP contribution >= 0.6 is 23.8 Å². The Labute approximate surface area is 136 Å². The van der Waals surface area contributed by atoms with Crippen LogP contribution in [0.1, 0.15) is 0 Å². The van der Waals surface area contributed by atoms with E-state index in [1.165, 1.54) is 20.3 Å². The summed E-state index contributed by atoms with van der Waals surface area (Å²) in [4.78, 5) is 14.0. The van der Waals surface area contributed by atoms with E-state index in [1.807, 2.05) is 0 Å². The first-order valence-electron chi connectivity index (χ1n) is 6.09. The smallest absolute Gasteiger partial charge is 0.375 e. The molecule has 2 rings (SSSR count). The van der Waals surface area contributed by atoms with E-state index in [0.717, 1.165) is 9.36 Å². The topological polar surface area (TPSA) is 74.4 Å². The Bertz CT molecular complexity index is 771. The van der Waals surface area contributed by atoms with Crippen LogP contribution < -0.4 is 15.2 Å². The van der Waals surface area contributed by atoms with E-state index >= 15 is 0 Å². The average Bonchev–Trinajstić information content (AvgIpc) is 2.87. The van der Waals surface area contributed by atoms with E-state index in [-0.39, 0.29) is 5.11 Å². The van der Waals surface area contributed by atoms with Gasteiger partial charge in [0.25, 0.3) is 0 Å². The largest absolute Gasteiger partial charge is 0.495 e. The molecule has 0 unspecified atom stereocenters. The number of benzene rings is 1. The highest BCUT2D eigenvalue weighted by Gasteiger charge is 2.18. The number of tetrazole rings is 1. The van der Waals surface area contributed by atoms with Gasteiger partial charge >= 0.3 is 5.69 Å². The molecular weight excluding hydrogens is 330 g/mol. The Hall–Kier alpha value is -2.13. The van der Waals surface area contributed by atoms with Crippen LogP contribution in [0.25, 0.3) is 5.69 Å². The highest BCUT2D eigenvalue weighted by atomic mass is 35.5. The molecule has 0 aliphatic carbocycles. The fourth-order valence-corrected chi connectivity index (χ4v) is 2.06. The zero-order chi connectivity index (χ0) is 16.4. The molecule has 2 aromatic rings. The second kappa shape index (κ2) is 6.32. The number of halogens is 1. The molecular formula is C12H14ClN5O3S. The number of ether oxygens (including phenoxy) is 2. The molecule has 0 amide bonds. The van der Waals surface area contributed by atoms with Crippen molar-refractivity contribution in [2.24, 2.45) is 0 Å². The first-order valence-corrected chi connectivity index (χ1v) is 6.88. The molecule has 118 valence electrons. The Morgan fingerprint density at radius 2 is 1.86 bits per heavy atom. The van der Waals surface area contributed by atoms with Gasteiger partial charge in [0.05, 0.1) is 19.2 Å². The van der Waals surface area contributed by atoms with Gasteiger partial charge in [0, 0.05) is 26.2 Å². The van der Waals surface area contributed by atoms with Gasteiger partial charge < -0.3 is 14.4 Å². The Balaban J connectivity index is 2.63. The molecule has 0 saturated carbocycles. The minimum absolute atomic E-state index is 0.219. The Morgan fingerprint density at radius 1 is 1.23 bits per heavy atom. The fraction of sp³-hybridized carbons (Fsp3) is 0.333. The van der Waals surface area contributed by atoms with Crippen LogP contribution in [0, 0.1) is 0 Å².